The Kier molecular flexibility index (Phi) is 4.70. The molecule has 0 amide bonds. The Labute approximate surface area is 124 Å². The van der Waals surface area contributed by atoms with Gasteiger partial charge in [-0.15, -0.1) is 0 Å². The number of hydrogen-bond acceptors (Lipinski definition) is 4. The minimum absolute atomic E-state index is 0.0561. The molecule has 0 saturated carbocycles. The standard InChI is InChI=1S/C17H21NO3/c19-13-17-12-18(8-10-21-17)7-9-20-16-6-5-14-3-1-2-4-15(14)11-16/h1-6,11,17,19H,7-10,12-13H2. The average Bonchev–Trinajstić information content (AvgIpc) is 2.55. The summed E-state index contributed by atoms with van der Waals surface area (Å²) in [5, 5.41) is 11.6. The van der Waals surface area contributed by atoms with Crippen molar-refractivity contribution >= 4 is 10.8 Å². The fraction of sp³-hybridized carbons (Fsp3) is 0.412. The molecule has 4 heteroatoms. The van der Waals surface area contributed by atoms with Crippen LogP contribution in [0.25, 0.3) is 10.8 Å². The highest BCUT2D eigenvalue weighted by atomic mass is 16.5. The van der Waals surface area contributed by atoms with E-state index < -0.39 is 0 Å². The van der Waals surface area contributed by atoms with Gasteiger partial charge in [-0.25, -0.2) is 0 Å². The molecule has 0 aliphatic carbocycles. The molecule has 1 N–H and O–H groups in total. The molecule has 21 heavy (non-hydrogen) atoms. The van der Waals surface area contributed by atoms with E-state index in [1.54, 1.807) is 0 Å². The first-order valence-corrected chi connectivity index (χ1v) is 7.41. The highest BCUT2D eigenvalue weighted by Crippen LogP contribution is 2.20. The van der Waals surface area contributed by atoms with Crippen LogP contribution in [0, 0.1) is 0 Å². The monoisotopic (exact) mass is 287 g/mol. The molecule has 1 aliphatic heterocycles. The maximum absolute atomic E-state index is 9.13. The minimum Gasteiger partial charge on any atom is -0.492 e. The molecule has 2 aromatic carbocycles. The van der Waals surface area contributed by atoms with Gasteiger partial charge in [-0.3, -0.25) is 4.90 Å². The number of aliphatic hydroxyl groups excluding tert-OH is 1. The number of morpholine rings is 1. The van der Waals surface area contributed by atoms with Gasteiger partial charge in [0.25, 0.3) is 0 Å². The SMILES string of the molecule is OCC1CN(CCOc2ccc3ccccc3c2)CCO1. The molecule has 1 aliphatic rings. The lowest BCUT2D eigenvalue weighted by Crippen LogP contribution is -2.45. The number of rotatable bonds is 5. The van der Waals surface area contributed by atoms with Crippen LogP contribution in [-0.2, 0) is 4.74 Å². The van der Waals surface area contributed by atoms with Gasteiger partial charge >= 0.3 is 0 Å². The van der Waals surface area contributed by atoms with Crippen LogP contribution in [0.5, 0.6) is 5.75 Å². The van der Waals surface area contributed by atoms with Gasteiger partial charge < -0.3 is 14.6 Å². The highest BCUT2D eigenvalue weighted by molar-refractivity contribution is 5.83. The molecule has 0 spiro atoms. The fourth-order valence-corrected chi connectivity index (χ4v) is 2.64. The lowest BCUT2D eigenvalue weighted by atomic mass is 10.1. The molecular formula is C17H21NO3. The minimum atomic E-state index is -0.0561. The number of fused-ring (bicyclic) bond motifs is 1. The molecule has 2 aromatic rings. The molecule has 3 rings (SSSR count). The van der Waals surface area contributed by atoms with Crippen molar-refractivity contribution in [3.05, 3.63) is 42.5 Å². The molecule has 1 unspecified atom stereocenters. The van der Waals surface area contributed by atoms with Crippen LogP contribution in [0.15, 0.2) is 42.5 Å². The number of ether oxygens (including phenoxy) is 2. The van der Waals surface area contributed by atoms with Gasteiger partial charge in [-0.2, -0.15) is 0 Å². The van der Waals surface area contributed by atoms with Crippen molar-refractivity contribution in [3.8, 4) is 5.75 Å². The largest absolute Gasteiger partial charge is 0.492 e. The number of nitrogens with zero attached hydrogens (tertiary/aromatic N) is 1. The van der Waals surface area contributed by atoms with Gasteiger partial charge in [0, 0.05) is 19.6 Å². The summed E-state index contributed by atoms with van der Waals surface area (Å²) in [5.41, 5.74) is 0. The highest BCUT2D eigenvalue weighted by Gasteiger charge is 2.19. The molecule has 4 nitrogen and oxygen atoms in total. The summed E-state index contributed by atoms with van der Waals surface area (Å²) in [6.07, 6.45) is -0.0561. The van der Waals surface area contributed by atoms with Crippen LogP contribution in [0.4, 0.5) is 0 Å². The maximum Gasteiger partial charge on any atom is 0.120 e. The molecule has 0 radical (unpaired) electrons. The Bertz CT molecular complexity index is 587. The van der Waals surface area contributed by atoms with E-state index in [-0.39, 0.29) is 12.7 Å². The summed E-state index contributed by atoms with van der Waals surface area (Å²) in [7, 11) is 0. The zero-order valence-corrected chi connectivity index (χ0v) is 12.1. The molecular weight excluding hydrogens is 266 g/mol. The quantitative estimate of drug-likeness (QED) is 0.912. The first-order chi connectivity index (χ1) is 10.3. The molecule has 0 aromatic heterocycles. The van der Waals surface area contributed by atoms with E-state index in [1.807, 2.05) is 18.2 Å². The summed E-state index contributed by atoms with van der Waals surface area (Å²) in [5.74, 6) is 0.903. The number of hydrogen-bond donors (Lipinski definition) is 1. The van der Waals surface area contributed by atoms with Crippen molar-refractivity contribution in [3.63, 3.8) is 0 Å². The third-order valence-corrected chi connectivity index (χ3v) is 3.82. The summed E-state index contributed by atoms with van der Waals surface area (Å²) in [4.78, 5) is 2.27. The van der Waals surface area contributed by atoms with Gasteiger partial charge in [0.1, 0.15) is 12.4 Å². The molecule has 1 fully saturated rings. The van der Waals surface area contributed by atoms with Crippen LogP contribution in [0.3, 0.4) is 0 Å². The summed E-state index contributed by atoms with van der Waals surface area (Å²) in [6.45, 7) is 3.95. The zero-order valence-electron chi connectivity index (χ0n) is 12.1. The van der Waals surface area contributed by atoms with E-state index in [0.29, 0.717) is 13.2 Å². The Morgan fingerprint density at radius 1 is 1.19 bits per heavy atom. The van der Waals surface area contributed by atoms with Crippen LogP contribution >= 0.6 is 0 Å². The van der Waals surface area contributed by atoms with E-state index in [2.05, 4.69) is 29.2 Å². The normalized spacial score (nSPS) is 19.8. The molecule has 1 heterocycles. The molecule has 0 bridgehead atoms. The van der Waals surface area contributed by atoms with Gasteiger partial charge in [0.15, 0.2) is 0 Å². The number of aliphatic hydroxyl groups is 1. The Hall–Kier alpha value is -1.62. The summed E-state index contributed by atoms with van der Waals surface area (Å²) < 4.78 is 11.3. The van der Waals surface area contributed by atoms with E-state index in [0.717, 1.165) is 25.4 Å². The second-order valence-electron chi connectivity index (χ2n) is 5.33. The van der Waals surface area contributed by atoms with Crippen LogP contribution < -0.4 is 4.74 Å². The van der Waals surface area contributed by atoms with Crippen molar-refractivity contribution in [1.29, 1.82) is 0 Å². The lowest BCUT2D eigenvalue weighted by Gasteiger charge is -2.31. The van der Waals surface area contributed by atoms with Gasteiger partial charge in [-0.05, 0) is 22.9 Å². The second kappa shape index (κ2) is 6.89. The number of benzene rings is 2. The predicted octanol–water partition coefficient (Wildman–Crippen LogP) is 1.91. The maximum atomic E-state index is 9.13. The lowest BCUT2D eigenvalue weighted by molar-refractivity contribution is -0.0547. The van der Waals surface area contributed by atoms with Crippen molar-refractivity contribution in [2.75, 3.05) is 39.5 Å². The second-order valence-corrected chi connectivity index (χ2v) is 5.33. The van der Waals surface area contributed by atoms with Gasteiger partial charge in [0.05, 0.1) is 19.3 Å². The molecule has 1 saturated heterocycles. The molecule has 1 atom stereocenters. The van der Waals surface area contributed by atoms with Crippen molar-refractivity contribution in [2.45, 2.75) is 6.10 Å². The van der Waals surface area contributed by atoms with E-state index in [4.69, 9.17) is 14.6 Å². The van der Waals surface area contributed by atoms with Crippen LogP contribution in [-0.4, -0.2) is 55.6 Å². The third-order valence-electron chi connectivity index (χ3n) is 3.82. The fourth-order valence-electron chi connectivity index (χ4n) is 2.64. The topological polar surface area (TPSA) is 41.9 Å². The summed E-state index contributed by atoms with van der Waals surface area (Å²) in [6, 6.07) is 14.4. The first-order valence-electron chi connectivity index (χ1n) is 7.41. The predicted molar refractivity (Wildman–Crippen MR) is 82.7 cm³/mol. The zero-order chi connectivity index (χ0) is 14.5. The Morgan fingerprint density at radius 2 is 2.05 bits per heavy atom. The van der Waals surface area contributed by atoms with Crippen LogP contribution in [0.2, 0.25) is 0 Å². The Balaban J connectivity index is 1.52. The van der Waals surface area contributed by atoms with Crippen molar-refractivity contribution in [1.82, 2.24) is 4.90 Å². The van der Waals surface area contributed by atoms with Crippen molar-refractivity contribution in [2.24, 2.45) is 0 Å². The van der Waals surface area contributed by atoms with Crippen molar-refractivity contribution < 1.29 is 14.6 Å². The van der Waals surface area contributed by atoms with Gasteiger partial charge in [-0.1, -0.05) is 30.3 Å². The molecule has 112 valence electrons. The van der Waals surface area contributed by atoms with E-state index in [9.17, 15) is 0 Å². The summed E-state index contributed by atoms with van der Waals surface area (Å²) >= 11 is 0. The first kappa shape index (κ1) is 14.3. The van der Waals surface area contributed by atoms with Gasteiger partial charge in [0.2, 0.25) is 0 Å². The smallest absolute Gasteiger partial charge is 0.120 e. The average molecular weight is 287 g/mol. The van der Waals surface area contributed by atoms with E-state index >= 15 is 0 Å². The third kappa shape index (κ3) is 3.73. The van der Waals surface area contributed by atoms with Crippen LogP contribution in [0.1, 0.15) is 0 Å². The van der Waals surface area contributed by atoms with E-state index in [1.165, 1.54) is 10.8 Å². The Morgan fingerprint density at radius 3 is 2.90 bits per heavy atom.